The van der Waals surface area contributed by atoms with Gasteiger partial charge in [0.1, 0.15) is 11.4 Å². The van der Waals surface area contributed by atoms with Gasteiger partial charge in [0, 0.05) is 32.7 Å². The molecule has 1 aliphatic rings. The van der Waals surface area contributed by atoms with Gasteiger partial charge in [0.25, 0.3) is 0 Å². The molecule has 1 heterocycles. The van der Waals surface area contributed by atoms with Gasteiger partial charge in [-0.1, -0.05) is 13.0 Å². The van der Waals surface area contributed by atoms with Crippen molar-refractivity contribution in [2.45, 2.75) is 13.3 Å². The summed E-state index contributed by atoms with van der Waals surface area (Å²) < 4.78 is 0. The zero-order valence-corrected chi connectivity index (χ0v) is 11.2. The first-order chi connectivity index (χ1) is 9.24. The number of nitro benzene ring substituents is 1. The first-order valence-corrected chi connectivity index (χ1v) is 6.71. The lowest BCUT2D eigenvalue weighted by atomic mass is 10.2. The van der Waals surface area contributed by atoms with E-state index in [1.165, 1.54) is 0 Å². The van der Waals surface area contributed by atoms with Gasteiger partial charge in [-0.05, 0) is 18.6 Å². The summed E-state index contributed by atoms with van der Waals surface area (Å²) in [4.78, 5) is 13.2. The summed E-state index contributed by atoms with van der Waals surface area (Å²) in [5.74, 6) is 0. The van der Waals surface area contributed by atoms with E-state index in [1.54, 1.807) is 6.07 Å². The molecule has 1 saturated heterocycles. The molecule has 19 heavy (non-hydrogen) atoms. The molecule has 0 atom stereocenters. The first kappa shape index (κ1) is 13.6. The van der Waals surface area contributed by atoms with E-state index >= 15 is 0 Å². The lowest BCUT2D eigenvalue weighted by molar-refractivity contribution is -0.383. The highest BCUT2D eigenvalue weighted by Crippen LogP contribution is 2.35. The van der Waals surface area contributed by atoms with Gasteiger partial charge in [-0.3, -0.25) is 10.1 Å². The minimum atomic E-state index is -0.282. The van der Waals surface area contributed by atoms with Crippen molar-refractivity contribution in [1.29, 1.82) is 0 Å². The standard InChI is InChI=1S/C13H20N4O2/c1-2-6-15-11-4-3-5-12(13(11)17(18)19)16-9-7-14-8-10-16/h3-5,14-15H,2,6-10H2,1H3. The Labute approximate surface area is 112 Å². The normalized spacial score (nSPS) is 15.3. The molecule has 0 unspecified atom stereocenters. The van der Waals surface area contributed by atoms with Gasteiger partial charge >= 0.3 is 5.69 Å². The van der Waals surface area contributed by atoms with Crippen LogP contribution in [0, 0.1) is 10.1 Å². The molecular weight excluding hydrogens is 244 g/mol. The summed E-state index contributed by atoms with van der Waals surface area (Å²) in [6, 6.07) is 5.49. The largest absolute Gasteiger partial charge is 0.379 e. The van der Waals surface area contributed by atoms with E-state index in [9.17, 15) is 10.1 Å². The maximum Gasteiger partial charge on any atom is 0.315 e. The third-order valence-corrected chi connectivity index (χ3v) is 3.22. The summed E-state index contributed by atoms with van der Waals surface area (Å²) in [5.41, 5.74) is 1.52. The van der Waals surface area contributed by atoms with Crippen molar-refractivity contribution >= 4 is 17.1 Å². The highest BCUT2D eigenvalue weighted by atomic mass is 16.6. The first-order valence-electron chi connectivity index (χ1n) is 6.71. The third-order valence-electron chi connectivity index (χ3n) is 3.22. The number of hydrogen-bond donors (Lipinski definition) is 2. The molecule has 0 amide bonds. The van der Waals surface area contributed by atoms with Crippen molar-refractivity contribution in [3.8, 4) is 0 Å². The maximum atomic E-state index is 11.4. The van der Waals surface area contributed by atoms with Crippen molar-refractivity contribution < 1.29 is 4.92 Å². The van der Waals surface area contributed by atoms with Crippen LogP contribution in [0.4, 0.5) is 17.1 Å². The summed E-state index contributed by atoms with van der Waals surface area (Å²) in [6.07, 6.45) is 0.940. The van der Waals surface area contributed by atoms with E-state index in [0.29, 0.717) is 11.4 Å². The smallest absolute Gasteiger partial charge is 0.315 e. The van der Waals surface area contributed by atoms with Gasteiger partial charge in [0.05, 0.1) is 4.92 Å². The second-order valence-electron chi connectivity index (χ2n) is 4.59. The molecule has 0 aliphatic carbocycles. The Balaban J connectivity index is 2.32. The molecule has 6 nitrogen and oxygen atoms in total. The zero-order chi connectivity index (χ0) is 13.7. The molecule has 1 aliphatic heterocycles. The van der Waals surface area contributed by atoms with E-state index in [1.807, 2.05) is 19.1 Å². The number of benzene rings is 1. The third kappa shape index (κ3) is 3.14. The number of nitro groups is 1. The second kappa shape index (κ2) is 6.38. The fourth-order valence-electron chi connectivity index (χ4n) is 2.29. The second-order valence-corrected chi connectivity index (χ2v) is 4.59. The van der Waals surface area contributed by atoms with Crippen molar-refractivity contribution in [1.82, 2.24) is 5.32 Å². The molecule has 1 fully saturated rings. The van der Waals surface area contributed by atoms with Crippen LogP contribution in [0.5, 0.6) is 0 Å². The summed E-state index contributed by atoms with van der Waals surface area (Å²) in [7, 11) is 0. The van der Waals surface area contributed by atoms with Crippen LogP contribution in [0.25, 0.3) is 0 Å². The predicted octanol–water partition coefficient (Wildman–Crippen LogP) is 1.83. The Hall–Kier alpha value is -1.82. The van der Waals surface area contributed by atoms with Crippen LogP contribution >= 0.6 is 0 Å². The number of nitrogens with one attached hydrogen (secondary N) is 2. The average Bonchev–Trinajstić information content (AvgIpc) is 2.45. The highest BCUT2D eigenvalue weighted by molar-refractivity contribution is 5.77. The van der Waals surface area contributed by atoms with Crippen LogP contribution in [0.1, 0.15) is 13.3 Å². The van der Waals surface area contributed by atoms with E-state index in [-0.39, 0.29) is 10.6 Å². The van der Waals surface area contributed by atoms with Crippen LogP contribution in [0.3, 0.4) is 0 Å². The molecule has 0 saturated carbocycles. The molecule has 0 spiro atoms. The number of anilines is 2. The molecule has 104 valence electrons. The van der Waals surface area contributed by atoms with Gasteiger partial charge in [-0.25, -0.2) is 0 Å². The van der Waals surface area contributed by atoms with E-state index < -0.39 is 0 Å². The quantitative estimate of drug-likeness (QED) is 0.627. The van der Waals surface area contributed by atoms with Crippen molar-refractivity contribution in [2.24, 2.45) is 0 Å². The number of rotatable bonds is 5. The fourth-order valence-corrected chi connectivity index (χ4v) is 2.29. The van der Waals surface area contributed by atoms with Crippen LogP contribution < -0.4 is 15.5 Å². The summed E-state index contributed by atoms with van der Waals surface area (Å²) >= 11 is 0. The molecule has 0 aromatic heterocycles. The minimum Gasteiger partial charge on any atom is -0.379 e. The number of para-hydroxylation sites is 1. The molecule has 0 bridgehead atoms. The number of nitrogens with zero attached hydrogens (tertiary/aromatic N) is 2. The van der Waals surface area contributed by atoms with Crippen LogP contribution in [-0.2, 0) is 0 Å². The molecule has 6 heteroatoms. The lowest BCUT2D eigenvalue weighted by Crippen LogP contribution is -2.43. The fraction of sp³-hybridized carbons (Fsp3) is 0.538. The molecule has 1 aromatic rings. The number of piperazine rings is 1. The Bertz CT molecular complexity index is 444. The van der Waals surface area contributed by atoms with Gasteiger partial charge < -0.3 is 15.5 Å². The monoisotopic (exact) mass is 264 g/mol. The highest BCUT2D eigenvalue weighted by Gasteiger charge is 2.24. The van der Waals surface area contributed by atoms with E-state index in [0.717, 1.165) is 39.1 Å². The molecule has 0 radical (unpaired) electrons. The van der Waals surface area contributed by atoms with E-state index in [4.69, 9.17) is 0 Å². The molecule has 1 aromatic carbocycles. The van der Waals surface area contributed by atoms with Gasteiger partial charge in [-0.15, -0.1) is 0 Å². The molecule has 2 N–H and O–H groups in total. The van der Waals surface area contributed by atoms with Crippen molar-refractivity contribution in [2.75, 3.05) is 42.9 Å². The van der Waals surface area contributed by atoms with Crippen molar-refractivity contribution in [3.63, 3.8) is 0 Å². The van der Waals surface area contributed by atoms with Gasteiger partial charge in [0.15, 0.2) is 0 Å². The van der Waals surface area contributed by atoms with E-state index in [2.05, 4.69) is 15.5 Å². The molecular formula is C13H20N4O2. The number of hydrogen-bond acceptors (Lipinski definition) is 5. The lowest BCUT2D eigenvalue weighted by Gasteiger charge is -2.29. The predicted molar refractivity (Wildman–Crippen MR) is 77.0 cm³/mol. The van der Waals surface area contributed by atoms with Gasteiger partial charge in [-0.2, -0.15) is 0 Å². The minimum absolute atomic E-state index is 0.192. The van der Waals surface area contributed by atoms with Crippen LogP contribution in [-0.4, -0.2) is 37.6 Å². The molecule has 2 rings (SSSR count). The van der Waals surface area contributed by atoms with Crippen LogP contribution in [0.2, 0.25) is 0 Å². The summed E-state index contributed by atoms with van der Waals surface area (Å²) in [6.45, 7) is 6.12. The topological polar surface area (TPSA) is 70.4 Å². The SMILES string of the molecule is CCCNc1cccc(N2CCNCC2)c1[N+](=O)[O-]. The maximum absolute atomic E-state index is 11.4. The Kier molecular flexibility index (Phi) is 4.57. The van der Waals surface area contributed by atoms with Gasteiger partial charge in [0.2, 0.25) is 0 Å². The van der Waals surface area contributed by atoms with Crippen molar-refractivity contribution in [3.05, 3.63) is 28.3 Å². The Morgan fingerprint density at radius 1 is 1.42 bits per heavy atom. The average molecular weight is 264 g/mol. The summed E-state index contributed by atoms with van der Waals surface area (Å²) in [5, 5.41) is 17.8. The van der Waals surface area contributed by atoms with Crippen LogP contribution in [0.15, 0.2) is 18.2 Å². The Morgan fingerprint density at radius 2 is 2.16 bits per heavy atom. The Morgan fingerprint density at radius 3 is 2.79 bits per heavy atom. The zero-order valence-electron chi connectivity index (χ0n) is 11.2.